The predicted octanol–water partition coefficient (Wildman–Crippen LogP) is 3.57. The summed E-state index contributed by atoms with van der Waals surface area (Å²) < 4.78 is 6.60. The Bertz CT molecular complexity index is 1280. The number of hydrogen-bond acceptors (Lipinski definition) is 4. The van der Waals surface area contributed by atoms with E-state index in [1.165, 1.54) is 29.4 Å². The Hall–Kier alpha value is -2.50. The number of H-pyrrole nitrogens is 1. The first-order valence-corrected chi connectivity index (χ1v) is 11.7. The molecule has 3 N–H and O–H groups in total. The van der Waals surface area contributed by atoms with Gasteiger partial charge in [-0.3, -0.25) is 4.90 Å². The predicted molar refractivity (Wildman–Crippen MR) is 117 cm³/mol. The van der Waals surface area contributed by atoms with Gasteiger partial charge in [0.05, 0.1) is 16.7 Å². The van der Waals surface area contributed by atoms with Gasteiger partial charge in [0, 0.05) is 35.5 Å². The highest BCUT2D eigenvalue weighted by Crippen LogP contribution is 2.69. The van der Waals surface area contributed by atoms with E-state index in [1.54, 1.807) is 6.07 Å². The van der Waals surface area contributed by atoms with E-state index in [0.717, 1.165) is 48.6 Å². The van der Waals surface area contributed by atoms with Crippen molar-refractivity contribution >= 4 is 10.9 Å². The monoisotopic (exact) mass is 414 g/mol. The first-order valence-electron chi connectivity index (χ1n) is 11.7. The zero-order valence-corrected chi connectivity index (χ0v) is 17.4. The molecule has 5 nitrogen and oxygen atoms in total. The molecule has 0 amide bonds. The fourth-order valence-electron chi connectivity index (χ4n) is 7.57. The molecule has 3 aliphatic carbocycles. The van der Waals surface area contributed by atoms with Crippen LogP contribution in [0.2, 0.25) is 0 Å². The molecule has 2 bridgehead atoms. The lowest BCUT2D eigenvalue weighted by atomic mass is 9.49. The maximum absolute atomic E-state index is 12.7. The second kappa shape index (κ2) is 5.28. The van der Waals surface area contributed by atoms with Crippen molar-refractivity contribution in [3.8, 4) is 11.5 Å². The minimum absolute atomic E-state index is 0.0813. The van der Waals surface area contributed by atoms with E-state index in [0.29, 0.717) is 12.2 Å². The van der Waals surface area contributed by atoms with Crippen LogP contribution >= 0.6 is 0 Å². The van der Waals surface area contributed by atoms with Crippen molar-refractivity contribution in [2.45, 2.75) is 55.3 Å². The van der Waals surface area contributed by atoms with Crippen LogP contribution in [0.4, 0.5) is 0 Å². The van der Waals surface area contributed by atoms with Crippen LogP contribution in [-0.4, -0.2) is 44.8 Å². The van der Waals surface area contributed by atoms with Gasteiger partial charge in [0.25, 0.3) is 0 Å². The zero-order valence-electron chi connectivity index (χ0n) is 17.4. The standard InChI is InChI=1S/C26H26N2O3/c29-19-8-7-15-11-20-26(30)12-17-16-3-1-2-4-18(16)27-22(17)24-25(26,21(15)23(19)31-24)9-10-28(20)13-14-5-6-14/h1-4,7-8,14,20,24,27,29-30H,5-6,9-13H2/t20?,24-,25-,26+/m1/s1. The van der Waals surface area contributed by atoms with E-state index in [4.69, 9.17) is 4.74 Å². The van der Waals surface area contributed by atoms with Crippen molar-refractivity contribution in [2.24, 2.45) is 5.92 Å². The lowest BCUT2D eigenvalue weighted by molar-refractivity contribution is -0.173. The number of phenolic OH excluding ortho intramolecular Hbond substituents is 1. The lowest BCUT2D eigenvalue weighted by Crippen LogP contribution is -2.74. The Morgan fingerprint density at radius 1 is 1.16 bits per heavy atom. The third-order valence-corrected chi connectivity index (χ3v) is 9.07. The third kappa shape index (κ3) is 1.84. The van der Waals surface area contributed by atoms with E-state index in [9.17, 15) is 10.2 Å². The van der Waals surface area contributed by atoms with Gasteiger partial charge in [-0.15, -0.1) is 0 Å². The molecule has 158 valence electrons. The average molecular weight is 415 g/mol. The number of fused-ring (bicyclic) bond motifs is 4. The summed E-state index contributed by atoms with van der Waals surface area (Å²) in [7, 11) is 0. The number of piperidine rings is 1. The molecule has 31 heavy (non-hydrogen) atoms. The van der Waals surface area contributed by atoms with E-state index >= 15 is 0 Å². The molecule has 1 aromatic heterocycles. The number of ether oxygens (including phenoxy) is 1. The molecular weight excluding hydrogens is 388 g/mol. The molecule has 1 saturated heterocycles. The van der Waals surface area contributed by atoms with Crippen molar-refractivity contribution < 1.29 is 14.9 Å². The number of nitrogens with one attached hydrogen (secondary N) is 1. The van der Waals surface area contributed by atoms with Gasteiger partial charge in [0.15, 0.2) is 17.6 Å². The fourth-order valence-corrected chi connectivity index (χ4v) is 7.57. The van der Waals surface area contributed by atoms with Gasteiger partial charge in [-0.05, 0) is 61.4 Å². The Balaban J connectivity index is 1.43. The molecule has 1 unspecified atom stereocenters. The Labute approximate surface area is 180 Å². The van der Waals surface area contributed by atoms with Gasteiger partial charge >= 0.3 is 0 Å². The molecule has 8 rings (SSSR count). The summed E-state index contributed by atoms with van der Waals surface area (Å²) in [6.45, 7) is 2.07. The molecule has 5 heteroatoms. The molecule has 0 radical (unpaired) electrons. The molecule has 2 fully saturated rings. The van der Waals surface area contributed by atoms with E-state index in [-0.39, 0.29) is 17.9 Å². The van der Waals surface area contributed by atoms with Crippen LogP contribution in [0.3, 0.4) is 0 Å². The zero-order chi connectivity index (χ0) is 20.5. The van der Waals surface area contributed by atoms with Gasteiger partial charge in [0.1, 0.15) is 0 Å². The number of phenols is 1. The molecule has 1 spiro atoms. The number of aromatic nitrogens is 1. The van der Waals surface area contributed by atoms with E-state index < -0.39 is 11.0 Å². The number of hydrogen-bond donors (Lipinski definition) is 3. The molecule has 4 atom stereocenters. The lowest BCUT2D eigenvalue weighted by Gasteiger charge is -2.62. The Morgan fingerprint density at radius 2 is 2.03 bits per heavy atom. The molecule has 5 aliphatic rings. The molecular formula is C26H26N2O3. The average Bonchev–Trinajstić information content (AvgIpc) is 3.40. The summed E-state index contributed by atoms with van der Waals surface area (Å²) in [6, 6.07) is 12.3. The maximum atomic E-state index is 12.7. The normalized spacial score (nSPS) is 35.0. The number of aliphatic hydroxyl groups is 1. The summed E-state index contributed by atoms with van der Waals surface area (Å²) in [4.78, 5) is 6.22. The minimum atomic E-state index is -0.908. The number of likely N-dealkylation sites (tertiary alicyclic amines) is 1. The number of nitrogens with zero attached hydrogens (tertiary/aromatic N) is 1. The third-order valence-electron chi connectivity index (χ3n) is 9.07. The summed E-state index contributed by atoms with van der Waals surface area (Å²) in [5, 5.41) is 24.6. The van der Waals surface area contributed by atoms with Crippen LogP contribution in [0.15, 0.2) is 36.4 Å². The van der Waals surface area contributed by atoms with Gasteiger partial charge in [0.2, 0.25) is 0 Å². The summed E-state index contributed by atoms with van der Waals surface area (Å²) in [5.74, 6) is 1.58. The summed E-state index contributed by atoms with van der Waals surface area (Å²) in [6.07, 6.45) is 4.66. The number of para-hydroxylation sites is 1. The molecule has 3 aromatic rings. The van der Waals surface area contributed by atoms with E-state index in [2.05, 4.69) is 34.1 Å². The molecule has 1 saturated carbocycles. The topological polar surface area (TPSA) is 68.7 Å². The first kappa shape index (κ1) is 17.1. The largest absolute Gasteiger partial charge is 0.504 e. The van der Waals surface area contributed by atoms with Gasteiger partial charge < -0.3 is 19.9 Å². The van der Waals surface area contributed by atoms with Crippen LogP contribution in [0.1, 0.15) is 47.8 Å². The molecule has 3 heterocycles. The number of rotatable bonds is 2. The smallest absolute Gasteiger partial charge is 0.166 e. The first-order chi connectivity index (χ1) is 15.1. The van der Waals surface area contributed by atoms with Crippen molar-refractivity contribution in [1.82, 2.24) is 9.88 Å². The minimum Gasteiger partial charge on any atom is -0.504 e. The summed E-state index contributed by atoms with van der Waals surface area (Å²) in [5.41, 5.74) is 4.27. The Kier molecular flexibility index (Phi) is 2.91. The van der Waals surface area contributed by atoms with Crippen molar-refractivity contribution in [1.29, 1.82) is 0 Å². The second-order valence-corrected chi connectivity index (χ2v) is 10.5. The molecule has 2 aliphatic heterocycles. The van der Waals surface area contributed by atoms with Crippen LogP contribution < -0.4 is 4.74 Å². The van der Waals surface area contributed by atoms with Crippen LogP contribution in [0, 0.1) is 5.92 Å². The number of benzene rings is 2. The highest BCUT2D eigenvalue weighted by atomic mass is 16.5. The highest BCUT2D eigenvalue weighted by molar-refractivity contribution is 5.86. The SMILES string of the molecule is Oc1ccc2c3c1O[C@@H]1c4[nH]c5ccccc5c4C[C@]4(O)C(C2)N(CC2CC2)CC[C@@]314. The quantitative estimate of drug-likeness (QED) is 0.600. The fraction of sp³-hybridized carbons (Fsp3) is 0.462. The second-order valence-electron chi connectivity index (χ2n) is 10.5. The van der Waals surface area contributed by atoms with Gasteiger partial charge in [-0.25, -0.2) is 0 Å². The van der Waals surface area contributed by atoms with Gasteiger partial charge in [-0.1, -0.05) is 24.3 Å². The summed E-state index contributed by atoms with van der Waals surface area (Å²) >= 11 is 0. The van der Waals surface area contributed by atoms with Crippen molar-refractivity contribution in [3.63, 3.8) is 0 Å². The molecule has 2 aromatic carbocycles. The van der Waals surface area contributed by atoms with Crippen molar-refractivity contribution in [2.75, 3.05) is 13.1 Å². The Morgan fingerprint density at radius 3 is 2.90 bits per heavy atom. The van der Waals surface area contributed by atoms with Crippen LogP contribution in [0.25, 0.3) is 10.9 Å². The maximum Gasteiger partial charge on any atom is 0.166 e. The van der Waals surface area contributed by atoms with Crippen LogP contribution in [0.5, 0.6) is 11.5 Å². The highest BCUT2D eigenvalue weighted by Gasteiger charge is 2.72. The number of aromatic amines is 1. The van der Waals surface area contributed by atoms with Gasteiger partial charge in [-0.2, -0.15) is 0 Å². The van der Waals surface area contributed by atoms with Crippen molar-refractivity contribution in [3.05, 3.63) is 58.8 Å². The number of aromatic hydroxyl groups is 1. The van der Waals surface area contributed by atoms with Crippen LogP contribution in [-0.2, 0) is 18.3 Å². The van der Waals surface area contributed by atoms with E-state index in [1.807, 2.05) is 6.07 Å².